The molecule has 0 fully saturated rings. The summed E-state index contributed by atoms with van der Waals surface area (Å²) in [5.41, 5.74) is 3.56. The van der Waals surface area contributed by atoms with E-state index in [0.717, 1.165) is 17.8 Å². The van der Waals surface area contributed by atoms with Crippen LogP contribution in [0.2, 0.25) is 10.0 Å². The number of halogens is 2. The maximum absolute atomic E-state index is 6.05. The maximum Gasteiger partial charge on any atom is 0.0663 e. The highest BCUT2D eigenvalue weighted by atomic mass is 35.5. The van der Waals surface area contributed by atoms with E-state index >= 15 is 0 Å². The summed E-state index contributed by atoms with van der Waals surface area (Å²) in [4.78, 5) is 0. The monoisotopic (exact) mass is 325 g/mol. The molecule has 0 bridgehead atoms. The number of hydrogen-bond donors (Lipinski definition) is 1. The molecule has 0 aliphatic carbocycles. The number of rotatable bonds is 4. The third-order valence-corrected chi connectivity index (χ3v) is 4.07. The first-order valence-electron chi connectivity index (χ1n) is 6.96. The van der Waals surface area contributed by atoms with Crippen LogP contribution in [-0.4, -0.2) is 15.3 Å². The van der Waals surface area contributed by atoms with Gasteiger partial charge in [0.1, 0.15) is 0 Å². The van der Waals surface area contributed by atoms with Gasteiger partial charge in [-0.05, 0) is 45.4 Å². The number of nitrogens with zero attached hydrogens (tertiary/aromatic N) is 2. The third-order valence-electron chi connectivity index (χ3n) is 3.33. The summed E-state index contributed by atoms with van der Waals surface area (Å²) in [6.45, 7) is 10.1. The predicted octanol–water partition coefficient (Wildman–Crippen LogP) is 4.43. The van der Waals surface area contributed by atoms with Gasteiger partial charge in [-0.3, -0.25) is 4.68 Å². The zero-order valence-corrected chi connectivity index (χ0v) is 14.4. The Morgan fingerprint density at radius 2 is 1.90 bits per heavy atom. The Bertz CT molecular complexity index is 627. The molecule has 0 saturated carbocycles. The molecule has 2 aromatic rings. The fraction of sp³-hybridized carbons (Fsp3) is 0.438. The van der Waals surface area contributed by atoms with Gasteiger partial charge in [0, 0.05) is 23.3 Å². The number of nitrogens with one attached hydrogen (secondary N) is 1. The summed E-state index contributed by atoms with van der Waals surface area (Å²) >= 11 is 12.0. The first kappa shape index (κ1) is 16.3. The van der Waals surface area contributed by atoms with Gasteiger partial charge in [-0.15, -0.1) is 0 Å². The van der Waals surface area contributed by atoms with E-state index in [-0.39, 0.29) is 5.54 Å². The van der Waals surface area contributed by atoms with Crippen LogP contribution in [-0.2, 0) is 13.1 Å². The number of benzene rings is 1. The molecule has 3 nitrogen and oxygen atoms in total. The molecule has 114 valence electrons. The third kappa shape index (κ3) is 4.47. The average molecular weight is 326 g/mol. The maximum atomic E-state index is 6.05. The fourth-order valence-electron chi connectivity index (χ4n) is 1.99. The first-order chi connectivity index (χ1) is 9.76. The Kier molecular flexibility index (Phi) is 4.97. The van der Waals surface area contributed by atoms with E-state index in [1.165, 1.54) is 5.56 Å². The number of hydrogen-bond acceptors (Lipinski definition) is 2. The van der Waals surface area contributed by atoms with Crippen molar-refractivity contribution in [3.8, 4) is 0 Å². The molecule has 0 unspecified atom stereocenters. The van der Waals surface area contributed by atoms with Gasteiger partial charge in [-0.2, -0.15) is 5.10 Å². The average Bonchev–Trinajstić information content (AvgIpc) is 2.72. The Morgan fingerprint density at radius 3 is 2.52 bits per heavy atom. The minimum Gasteiger partial charge on any atom is -0.308 e. The van der Waals surface area contributed by atoms with E-state index in [1.807, 2.05) is 29.1 Å². The smallest absolute Gasteiger partial charge is 0.0663 e. The second-order valence-electron chi connectivity index (χ2n) is 6.26. The summed E-state index contributed by atoms with van der Waals surface area (Å²) in [6.07, 6.45) is 1.92. The molecule has 0 atom stereocenters. The van der Waals surface area contributed by atoms with E-state index in [4.69, 9.17) is 23.2 Å². The number of aromatic nitrogens is 2. The van der Waals surface area contributed by atoms with Gasteiger partial charge in [0.15, 0.2) is 0 Å². The van der Waals surface area contributed by atoms with Gasteiger partial charge < -0.3 is 5.32 Å². The highest BCUT2D eigenvalue weighted by Crippen LogP contribution is 2.23. The normalized spacial score (nSPS) is 11.9. The molecule has 0 aliphatic heterocycles. The van der Waals surface area contributed by atoms with Crippen molar-refractivity contribution >= 4 is 23.2 Å². The molecule has 1 N–H and O–H groups in total. The van der Waals surface area contributed by atoms with Crippen LogP contribution in [0.1, 0.15) is 37.6 Å². The standard InChI is InChI=1S/C16H21Cl2N3/c1-11-13(8-19-16(2,3)4)9-20-21(11)10-12-5-6-14(17)15(18)7-12/h5-7,9,19H,8,10H2,1-4H3. The van der Waals surface area contributed by atoms with Crippen LogP contribution in [0.3, 0.4) is 0 Å². The van der Waals surface area contributed by atoms with Crippen LogP contribution in [0.4, 0.5) is 0 Å². The second-order valence-corrected chi connectivity index (χ2v) is 7.08. The zero-order valence-electron chi connectivity index (χ0n) is 12.9. The Morgan fingerprint density at radius 1 is 1.19 bits per heavy atom. The molecule has 5 heteroatoms. The minimum atomic E-state index is 0.0955. The van der Waals surface area contributed by atoms with Crippen molar-refractivity contribution in [1.82, 2.24) is 15.1 Å². The van der Waals surface area contributed by atoms with E-state index in [1.54, 1.807) is 0 Å². The van der Waals surface area contributed by atoms with Crippen molar-refractivity contribution in [2.75, 3.05) is 0 Å². The summed E-state index contributed by atoms with van der Waals surface area (Å²) < 4.78 is 1.99. The largest absolute Gasteiger partial charge is 0.308 e. The van der Waals surface area contributed by atoms with Crippen molar-refractivity contribution in [2.24, 2.45) is 0 Å². The van der Waals surface area contributed by atoms with Gasteiger partial charge in [0.25, 0.3) is 0 Å². The zero-order chi connectivity index (χ0) is 15.6. The predicted molar refractivity (Wildman–Crippen MR) is 89.1 cm³/mol. The molecule has 1 aromatic carbocycles. The lowest BCUT2D eigenvalue weighted by molar-refractivity contribution is 0.423. The topological polar surface area (TPSA) is 29.9 Å². The molecule has 0 spiro atoms. The molecule has 1 heterocycles. The lowest BCUT2D eigenvalue weighted by Gasteiger charge is -2.20. The van der Waals surface area contributed by atoms with Crippen molar-refractivity contribution in [2.45, 2.75) is 46.3 Å². The Balaban J connectivity index is 2.11. The van der Waals surface area contributed by atoms with Crippen molar-refractivity contribution in [3.05, 3.63) is 51.3 Å². The minimum absolute atomic E-state index is 0.0955. The van der Waals surface area contributed by atoms with Gasteiger partial charge >= 0.3 is 0 Å². The van der Waals surface area contributed by atoms with Gasteiger partial charge in [0.2, 0.25) is 0 Å². The van der Waals surface area contributed by atoms with E-state index in [9.17, 15) is 0 Å². The molecule has 0 radical (unpaired) electrons. The highest BCUT2D eigenvalue weighted by Gasteiger charge is 2.12. The lowest BCUT2D eigenvalue weighted by atomic mass is 10.1. The van der Waals surface area contributed by atoms with Crippen molar-refractivity contribution < 1.29 is 0 Å². The van der Waals surface area contributed by atoms with Crippen LogP contribution in [0.25, 0.3) is 0 Å². The van der Waals surface area contributed by atoms with E-state index < -0.39 is 0 Å². The van der Waals surface area contributed by atoms with Crippen LogP contribution in [0, 0.1) is 6.92 Å². The Labute approximate surface area is 136 Å². The van der Waals surface area contributed by atoms with Crippen LogP contribution in [0.5, 0.6) is 0 Å². The SMILES string of the molecule is Cc1c(CNC(C)(C)C)cnn1Cc1ccc(Cl)c(Cl)c1. The van der Waals surface area contributed by atoms with Crippen molar-refractivity contribution in [1.29, 1.82) is 0 Å². The molecule has 21 heavy (non-hydrogen) atoms. The van der Waals surface area contributed by atoms with Crippen LogP contribution in [0.15, 0.2) is 24.4 Å². The van der Waals surface area contributed by atoms with Crippen LogP contribution >= 0.6 is 23.2 Å². The van der Waals surface area contributed by atoms with E-state index in [2.05, 4.69) is 38.1 Å². The Hall–Kier alpha value is -1.03. The molecule has 2 rings (SSSR count). The molecular formula is C16H21Cl2N3. The second kappa shape index (κ2) is 6.39. The summed E-state index contributed by atoms with van der Waals surface area (Å²) in [7, 11) is 0. The highest BCUT2D eigenvalue weighted by molar-refractivity contribution is 6.42. The molecule has 0 saturated heterocycles. The van der Waals surface area contributed by atoms with Gasteiger partial charge in [0.05, 0.1) is 22.8 Å². The fourth-order valence-corrected chi connectivity index (χ4v) is 2.31. The van der Waals surface area contributed by atoms with Crippen molar-refractivity contribution in [3.63, 3.8) is 0 Å². The quantitative estimate of drug-likeness (QED) is 0.900. The molecule has 0 aliphatic rings. The molecule has 0 amide bonds. The molecule has 1 aromatic heterocycles. The summed E-state index contributed by atoms with van der Waals surface area (Å²) in [5.74, 6) is 0. The summed E-state index contributed by atoms with van der Waals surface area (Å²) in [5, 5.41) is 9.10. The lowest BCUT2D eigenvalue weighted by Crippen LogP contribution is -2.35. The molecular weight excluding hydrogens is 305 g/mol. The summed E-state index contributed by atoms with van der Waals surface area (Å²) in [6, 6.07) is 5.68. The first-order valence-corrected chi connectivity index (χ1v) is 7.72. The van der Waals surface area contributed by atoms with E-state index in [0.29, 0.717) is 16.6 Å². The van der Waals surface area contributed by atoms with Gasteiger partial charge in [-0.25, -0.2) is 0 Å². The van der Waals surface area contributed by atoms with Gasteiger partial charge in [-0.1, -0.05) is 29.3 Å². The van der Waals surface area contributed by atoms with Crippen LogP contribution < -0.4 is 5.32 Å².